The van der Waals surface area contributed by atoms with E-state index in [0.717, 1.165) is 49.4 Å². The number of rotatable bonds is 4. The van der Waals surface area contributed by atoms with Crippen LogP contribution in [0.4, 0.5) is 0 Å². The Morgan fingerprint density at radius 3 is 3.05 bits per heavy atom. The highest BCUT2D eigenvalue weighted by Gasteiger charge is 2.28. The third-order valence-corrected chi connectivity index (χ3v) is 4.35. The zero-order chi connectivity index (χ0) is 15.5. The third kappa shape index (κ3) is 3.03. The normalized spacial score (nSPS) is 17.9. The fourth-order valence-corrected chi connectivity index (χ4v) is 3.10. The van der Waals surface area contributed by atoms with Gasteiger partial charge in [-0.2, -0.15) is 0 Å². The Hall–Kier alpha value is -2.17. The van der Waals surface area contributed by atoms with Crippen LogP contribution >= 0.6 is 0 Å². The SMILES string of the molecule is CCn1cnnc1CC1CCN(C(=O)c2cccc(C)c2)C1. The first-order valence-corrected chi connectivity index (χ1v) is 7.90. The second-order valence-electron chi connectivity index (χ2n) is 6.01. The second-order valence-corrected chi connectivity index (χ2v) is 6.01. The van der Waals surface area contributed by atoms with E-state index >= 15 is 0 Å². The van der Waals surface area contributed by atoms with Gasteiger partial charge in [-0.15, -0.1) is 10.2 Å². The van der Waals surface area contributed by atoms with Crippen molar-refractivity contribution in [2.75, 3.05) is 13.1 Å². The number of aromatic nitrogens is 3. The van der Waals surface area contributed by atoms with E-state index in [1.54, 1.807) is 6.33 Å². The summed E-state index contributed by atoms with van der Waals surface area (Å²) in [6.07, 6.45) is 3.71. The summed E-state index contributed by atoms with van der Waals surface area (Å²) >= 11 is 0. The maximum Gasteiger partial charge on any atom is 0.253 e. The maximum absolute atomic E-state index is 12.6. The molecule has 0 spiro atoms. The van der Waals surface area contributed by atoms with E-state index in [1.165, 1.54) is 0 Å². The van der Waals surface area contributed by atoms with Gasteiger partial charge in [-0.25, -0.2) is 0 Å². The molecule has 0 saturated carbocycles. The molecule has 0 aliphatic carbocycles. The van der Waals surface area contributed by atoms with Crippen LogP contribution in [-0.2, 0) is 13.0 Å². The maximum atomic E-state index is 12.6. The third-order valence-electron chi connectivity index (χ3n) is 4.35. The van der Waals surface area contributed by atoms with Crippen LogP contribution in [0.5, 0.6) is 0 Å². The summed E-state index contributed by atoms with van der Waals surface area (Å²) in [5.74, 6) is 1.64. The predicted molar refractivity (Wildman–Crippen MR) is 84.6 cm³/mol. The minimum absolute atomic E-state index is 0.142. The van der Waals surface area contributed by atoms with Crippen LogP contribution in [0, 0.1) is 12.8 Å². The van der Waals surface area contributed by atoms with Gasteiger partial charge in [-0.3, -0.25) is 4.79 Å². The summed E-state index contributed by atoms with van der Waals surface area (Å²) < 4.78 is 2.07. The number of hydrogen-bond donors (Lipinski definition) is 0. The molecule has 1 aliphatic heterocycles. The van der Waals surface area contributed by atoms with Gasteiger partial charge in [0.2, 0.25) is 0 Å². The lowest BCUT2D eigenvalue weighted by molar-refractivity contribution is 0.0787. The lowest BCUT2D eigenvalue weighted by Gasteiger charge is -2.17. The lowest BCUT2D eigenvalue weighted by atomic mass is 10.0. The molecule has 2 aromatic rings. The van der Waals surface area contributed by atoms with Gasteiger partial charge in [0.05, 0.1) is 0 Å². The standard InChI is InChI=1S/C17H22N4O/c1-3-20-12-18-19-16(20)10-14-7-8-21(11-14)17(22)15-6-4-5-13(2)9-15/h4-6,9,12,14H,3,7-8,10-11H2,1-2H3. The van der Waals surface area contributed by atoms with Crippen molar-refractivity contribution in [1.82, 2.24) is 19.7 Å². The number of carbonyl (C=O) groups excluding carboxylic acids is 1. The molecule has 1 aliphatic rings. The molecule has 1 saturated heterocycles. The van der Waals surface area contributed by atoms with Gasteiger partial charge in [-0.05, 0) is 38.3 Å². The Morgan fingerprint density at radius 1 is 1.41 bits per heavy atom. The van der Waals surface area contributed by atoms with Crippen molar-refractivity contribution in [3.63, 3.8) is 0 Å². The Kier molecular flexibility index (Phi) is 4.22. The molecule has 0 radical (unpaired) electrons. The van der Waals surface area contributed by atoms with Gasteiger partial charge in [-0.1, -0.05) is 17.7 Å². The van der Waals surface area contributed by atoms with Crippen molar-refractivity contribution < 1.29 is 4.79 Å². The number of aryl methyl sites for hydroxylation is 2. The lowest BCUT2D eigenvalue weighted by Crippen LogP contribution is -2.29. The van der Waals surface area contributed by atoms with E-state index in [9.17, 15) is 4.79 Å². The average molecular weight is 298 g/mol. The first-order chi connectivity index (χ1) is 10.7. The fraction of sp³-hybridized carbons (Fsp3) is 0.471. The summed E-state index contributed by atoms with van der Waals surface area (Å²) in [4.78, 5) is 14.5. The molecule has 22 heavy (non-hydrogen) atoms. The quantitative estimate of drug-likeness (QED) is 0.870. The summed E-state index contributed by atoms with van der Waals surface area (Å²) in [6.45, 7) is 6.64. The van der Waals surface area contributed by atoms with E-state index in [4.69, 9.17) is 0 Å². The van der Waals surface area contributed by atoms with Crippen molar-refractivity contribution in [1.29, 1.82) is 0 Å². The van der Waals surface area contributed by atoms with Crippen molar-refractivity contribution in [2.24, 2.45) is 5.92 Å². The van der Waals surface area contributed by atoms with Crippen LogP contribution in [0.15, 0.2) is 30.6 Å². The Labute approximate surface area is 131 Å². The number of carbonyl (C=O) groups is 1. The van der Waals surface area contributed by atoms with Crippen LogP contribution in [0.25, 0.3) is 0 Å². The first-order valence-electron chi connectivity index (χ1n) is 7.90. The second kappa shape index (κ2) is 6.30. The fourth-order valence-electron chi connectivity index (χ4n) is 3.10. The zero-order valence-corrected chi connectivity index (χ0v) is 13.2. The van der Waals surface area contributed by atoms with Gasteiger partial charge >= 0.3 is 0 Å². The molecule has 0 N–H and O–H groups in total. The molecule has 116 valence electrons. The van der Waals surface area contributed by atoms with E-state index in [-0.39, 0.29) is 5.91 Å². The average Bonchev–Trinajstić information content (AvgIpc) is 3.16. The van der Waals surface area contributed by atoms with E-state index in [1.807, 2.05) is 36.1 Å². The Morgan fingerprint density at radius 2 is 2.27 bits per heavy atom. The minimum atomic E-state index is 0.142. The summed E-state index contributed by atoms with van der Waals surface area (Å²) in [5, 5.41) is 8.18. The van der Waals surface area contributed by atoms with Crippen LogP contribution < -0.4 is 0 Å². The number of nitrogens with zero attached hydrogens (tertiary/aromatic N) is 4. The van der Waals surface area contributed by atoms with Crippen LogP contribution in [0.1, 0.15) is 35.1 Å². The van der Waals surface area contributed by atoms with Gasteiger partial charge < -0.3 is 9.47 Å². The molecule has 0 bridgehead atoms. The van der Waals surface area contributed by atoms with Gasteiger partial charge in [0, 0.05) is 31.6 Å². The summed E-state index contributed by atoms with van der Waals surface area (Å²) in [5.41, 5.74) is 1.91. The number of likely N-dealkylation sites (tertiary alicyclic amines) is 1. The number of amides is 1. The molecule has 5 nitrogen and oxygen atoms in total. The van der Waals surface area contributed by atoms with Crippen LogP contribution in [0.2, 0.25) is 0 Å². The Balaban J connectivity index is 1.63. The molecule has 1 amide bonds. The molecule has 1 fully saturated rings. The highest BCUT2D eigenvalue weighted by molar-refractivity contribution is 5.94. The molecule has 1 aromatic heterocycles. The largest absolute Gasteiger partial charge is 0.338 e. The van der Waals surface area contributed by atoms with Crippen molar-refractivity contribution in [2.45, 2.75) is 33.2 Å². The molecular weight excluding hydrogens is 276 g/mol. The Bertz CT molecular complexity index is 664. The molecular formula is C17H22N4O. The number of benzene rings is 1. The van der Waals surface area contributed by atoms with Crippen molar-refractivity contribution >= 4 is 5.91 Å². The summed E-state index contributed by atoms with van der Waals surface area (Å²) in [6, 6.07) is 7.82. The smallest absolute Gasteiger partial charge is 0.253 e. The molecule has 1 atom stereocenters. The van der Waals surface area contributed by atoms with Crippen molar-refractivity contribution in [3.05, 3.63) is 47.5 Å². The van der Waals surface area contributed by atoms with E-state index < -0.39 is 0 Å². The van der Waals surface area contributed by atoms with Gasteiger partial charge in [0.25, 0.3) is 5.91 Å². The predicted octanol–water partition coefficient (Wildman–Crippen LogP) is 2.31. The van der Waals surface area contributed by atoms with Gasteiger partial charge in [0.15, 0.2) is 0 Å². The van der Waals surface area contributed by atoms with E-state index in [0.29, 0.717) is 5.92 Å². The number of hydrogen-bond acceptors (Lipinski definition) is 3. The topological polar surface area (TPSA) is 51.0 Å². The zero-order valence-electron chi connectivity index (χ0n) is 13.2. The first kappa shape index (κ1) is 14.8. The van der Waals surface area contributed by atoms with Gasteiger partial charge in [0.1, 0.15) is 12.2 Å². The summed E-state index contributed by atoms with van der Waals surface area (Å²) in [7, 11) is 0. The molecule has 5 heteroatoms. The molecule has 3 rings (SSSR count). The molecule has 1 unspecified atom stereocenters. The molecule has 1 aromatic carbocycles. The minimum Gasteiger partial charge on any atom is -0.338 e. The highest BCUT2D eigenvalue weighted by Crippen LogP contribution is 2.22. The highest BCUT2D eigenvalue weighted by atomic mass is 16.2. The monoisotopic (exact) mass is 298 g/mol. The van der Waals surface area contributed by atoms with Crippen molar-refractivity contribution in [3.8, 4) is 0 Å². The van der Waals surface area contributed by atoms with Crippen LogP contribution in [0.3, 0.4) is 0 Å². The van der Waals surface area contributed by atoms with E-state index in [2.05, 4.69) is 21.7 Å². The molecule has 2 heterocycles. The van der Waals surface area contributed by atoms with Crippen LogP contribution in [-0.4, -0.2) is 38.7 Å².